The van der Waals surface area contributed by atoms with E-state index in [0.717, 1.165) is 5.56 Å². The van der Waals surface area contributed by atoms with Crippen molar-refractivity contribution < 1.29 is 0 Å². The van der Waals surface area contributed by atoms with E-state index in [1.165, 1.54) is 0 Å². The van der Waals surface area contributed by atoms with Crippen molar-refractivity contribution in [2.24, 2.45) is 0 Å². The zero-order valence-electron chi connectivity index (χ0n) is 10.2. The molecule has 0 amide bonds. The number of rotatable bonds is 3. The van der Waals surface area contributed by atoms with E-state index in [1.54, 1.807) is 19.1 Å². The molecule has 0 aliphatic heterocycles. The van der Waals surface area contributed by atoms with Crippen LogP contribution in [0.3, 0.4) is 0 Å². The van der Waals surface area contributed by atoms with Gasteiger partial charge in [-0.25, -0.2) is 0 Å². The van der Waals surface area contributed by atoms with Gasteiger partial charge in [0.1, 0.15) is 0 Å². The lowest BCUT2D eigenvalue weighted by molar-refractivity contribution is 0.456. The molecule has 0 aliphatic carbocycles. The molecule has 0 aromatic heterocycles. The maximum absolute atomic E-state index is 7.65. The van der Waals surface area contributed by atoms with Crippen molar-refractivity contribution >= 4 is 35.1 Å². The molecule has 1 aromatic rings. The van der Waals surface area contributed by atoms with Crippen LogP contribution in [0.25, 0.3) is 6.08 Å². The Balaban J connectivity index is 2.88. The van der Waals surface area contributed by atoms with E-state index in [-0.39, 0.29) is 6.04 Å². The Kier molecular flexibility index (Phi) is 5.03. The summed E-state index contributed by atoms with van der Waals surface area (Å²) >= 11 is 11.8. The highest BCUT2D eigenvalue weighted by Gasteiger charge is 2.05. The van der Waals surface area contributed by atoms with Crippen molar-refractivity contribution in [3.05, 3.63) is 40.0 Å². The molecule has 4 heteroatoms. The minimum absolute atomic E-state index is 0.256. The van der Waals surface area contributed by atoms with Crippen LogP contribution in [0.1, 0.15) is 26.3 Å². The van der Waals surface area contributed by atoms with Crippen molar-refractivity contribution in [2.75, 3.05) is 0 Å². The van der Waals surface area contributed by atoms with E-state index in [2.05, 4.69) is 0 Å². The molecule has 1 aromatic carbocycles. The van der Waals surface area contributed by atoms with Crippen LogP contribution in [-0.2, 0) is 0 Å². The second kappa shape index (κ2) is 6.08. The smallest absolute Gasteiger partial charge is 0.0968 e. The molecule has 0 saturated heterocycles. The monoisotopic (exact) mass is 270 g/mol. The van der Waals surface area contributed by atoms with E-state index in [4.69, 9.17) is 28.6 Å². The van der Waals surface area contributed by atoms with Gasteiger partial charge < -0.3 is 4.90 Å². The maximum Gasteiger partial charge on any atom is 0.0968 e. The standard InChI is InChI=1S/C13H16Cl2N2/c1-9(2)17(10(3)16)7-6-11-4-5-12(14)13(15)8-11/h4-9,16H,1-3H3/b7-6+,16-10?. The molecule has 0 aliphatic rings. The largest absolute Gasteiger partial charge is 0.335 e. The molecule has 2 nitrogen and oxygen atoms in total. The molecule has 1 N–H and O–H groups in total. The van der Waals surface area contributed by atoms with Crippen molar-refractivity contribution in [1.82, 2.24) is 4.90 Å². The Morgan fingerprint density at radius 1 is 1.29 bits per heavy atom. The molecule has 0 saturated carbocycles. The first kappa shape index (κ1) is 14.1. The number of halogens is 2. The quantitative estimate of drug-likeness (QED) is 0.627. The summed E-state index contributed by atoms with van der Waals surface area (Å²) in [5, 5.41) is 8.74. The van der Waals surface area contributed by atoms with Crippen molar-refractivity contribution in [3.63, 3.8) is 0 Å². The van der Waals surface area contributed by atoms with Gasteiger partial charge in [0.2, 0.25) is 0 Å². The minimum atomic E-state index is 0.256. The molecule has 0 heterocycles. The number of amidine groups is 1. The summed E-state index contributed by atoms with van der Waals surface area (Å²) in [6.45, 7) is 5.84. The van der Waals surface area contributed by atoms with Gasteiger partial charge in [-0.15, -0.1) is 0 Å². The van der Waals surface area contributed by atoms with E-state index in [9.17, 15) is 0 Å². The highest BCUT2D eigenvalue weighted by molar-refractivity contribution is 6.42. The van der Waals surface area contributed by atoms with Gasteiger partial charge in [0.05, 0.1) is 15.9 Å². The topological polar surface area (TPSA) is 27.1 Å². The normalized spacial score (nSPS) is 11.2. The Morgan fingerprint density at radius 2 is 1.94 bits per heavy atom. The number of benzene rings is 1. The van der Waals surface area contributed by atoms with Gasteiger partial charge >= 0.3 is 0 Å². The van der Waals surface area contributed by atoms with E-state index >= 15 is 0 Å². The molecular formula is C13H16Cl2N2. The third-order valence-corrected chi connectivity index (χ3v) is 3.05. The Labute approximate surface area is 112 Å². The van der Waals surface area contributed by atoms with Crippen molar-refractivity contribution in [1.29, 1.82) is 5.41 Å². The molecule has 0 atom stereocenters. The summed E-state index contributed by atoms with van der Waals surface area (Å²) in [6, 6.07) is 5.72. The molecule has 0 spiro atoms. The van der Waals surface area contributed by atoms with Gasteiger partial charge in [0.25, 0.3) is 0 Å². The van der Waals surface area contributed by atoms with Crippen LogP contribution in [0.5, 0.6) is 0 Å². The van der Waals surface area contributed by atoms with Gasteiger partial charge in [-0.3, -0.25) is 5.41 Å². The Hall–Kier alpha value is -0.990. The van der Waals surface area contributed by atoms with E-state index in [0.29, 0.717) is 15.9 Å². The number of nitrogens with zero attached hydrogens (tertiary/aromatic N) is 1. The molecule has 0 bridgehead atoms. The predicted molar refractivity (Wildman–Crippen MR) is 75.9 cm³/mol. The SMILES string of the molecule is CC(=N)N(/C=C/c1ccc(Cl)c(Cl)c1)C(C)C. The van der Waals surface area contributed by atoms with E-state index in [1.807, 2.05) is 37.1 Å². The number of hydrogen-bond donors (Lipinski definition) is 1. The highest BCUT2D eigenvalue weighted by atomic mass is 35.5. The summed E-state index contributed by atoms with van der Waals surface area (Å²) in [7, 11) is 0. The lowest BCUT2D eigenvalue weighted by atomic mass is 10.2. The Morgan fingerprint density at radius 3 is 2.41 bits per heavy atom. The summed E-state index contributed by atoms with van der Waals surface area (Å²) < 4.78 is 0. The first-order chi connectivity index (χ1) is 7.91. The number of nitrogens with one attached hydrogen (secondary N) is 1. The fourth-order valence-electron chi connectivity index (χ4n) is 1.45. The average Bonchev–Trinajstić information content (AvgIpc) is 2.22. The molecule has 17 heavy (non-hydrogen) atoms. The molecule has 92 valence electrons. The zero-order valence-corrected chi connectivity index (χ0v) is 11.7. The van der Waals surface area contributed by atoms with Crippen LogP contribution in [-0.4, -0.2) is 16.8 Å². The van der Waals surface area contributed by atoms with Gasteiger partial charge in [-0.2, -0.15) is 0 Å². The van der Waals surface area contributed by atoms with Crippen LogP contribution in [0, 0.1) is 5.41 Å². The second-order valence-corrected chi connectivity index (χ2v) is 4.89. The van der Waals surface area contributed by atoms with Gasteiger partial charge in [0, 0.05) is 12.2 Å². The molecule has 0 radical (unpaired) electrons. The minimum Gasteiger partial charge on any atom is -0.335 e. The summed E-state index contributed by atoms with van der Waals surface area (Å²) in [5.41, 5.74) is 0.964. The summed E-state index contributed by atoms with van der Waals surface area (Å²) in [6.07, 6.45) is 3.80. The maximum atomic E-state index is 7.65. The molecule has 0 fully saturated rings. The third kappa shape index (κ3) is 4.06. The van der Waals surface area contributed by atoms with Crippen LogP contribution in [0.15, 0.2) is 24.4 Å². The summed E-state index contributed by atoms with van der Waals surface area (Å²) in [4.78, 5) is 1.88. The summed E-state index contributed by atoms with van der Waals surface area (Å²) in [5.74, 6) is 0.510. The van der Waals surface area contributed by atoms with Crippen molar-refractivity contribution in [2.45, 2.75) is 26.8 Å². The lowest BCUT2D eigenvalue weighted by Gasteiger charge is -2.23. The average molecular weight is 271 g/mol. The highest BCUT2D eigenvalue weighted by Crippen LogP contribution is 2.23. The van der Waals surface area contributed by atoms with Crippen LogP contribution in [0.4, 0.5) is 0 Å². The predicted octanol–water partition coefficient (Wildman–Crippen LogP) is 4.67. The van der Waals surface area contributed by atoms with Gasteiger partial charge in [-0.1, -0.05) is 29.3 Å². The zero-order chi connectivity index (χ0) is 13.0. The fraction of sp³-hybridized carbons (Fsp3) is 0.308. The molecule has 0 unspecified atom stereocenters. The first-order valence-electron chi connectivity index (χ1n) is 5.38. The van der Waals surface area contributed by atoms with E-state index < -0.39 is 0 Å². The number of hydrogen-bond acceptors (Lipinski definition) is 1. The first-order valence-corrected chi connectivity index (χ1v) is 6.14. The fourth-order valence-corrected chi connectivity index (χ4v) is 1.76. The molecule has 1 rings (SSSR count). The lowest BCUT2D eigenvalue weighted by Crippen LogP contribution is -2.29. The van der Waals surface area contributed by atoms with Crippen LogP contribution >= 0.6 is 23.2 Å². The van der Waals surface area contributed by atoms with Crippen LogP contribution in [0.2, 0.25) is 10.0 Å². The van der Waals surface area contributed by atoms with Gasteiger partial charge in [-0.05, 0) is 44.5 Å². The molecular weight excluding hydrogens is 255 g/mol. The van der Waals surface area contributed by atoms with Crippen LogP contribution < -0.4 is 0 Å². The third-order valence-electron chi connectivity index (χ3n) is 2.31. The second-order valence-electron chi connectivity index (χ2n) is 4.08. The Bertz CT molecular complexity index is 439. The van der Waals surface area contributed by atoms with Gasteiger partial charge in [0.15, 0.2) is 0 Å². The van der Waals surface area contributed by atoms with Crippen molar-refractivity contribution in [3.8, 4) is 0 Å².